The maximum absolute atomic E-state index is 13.2. The summed E-state index contributed by atoms with van der Waals surface area (Å²) < 4.78 is 0. The third-order valence-corrected chi connectivity index (χ3v) is 8.60. The largest absolute Gasteiger partial charge is 0.393 e. The third kappa shape index (κ3) is 3.00. The molecule has 1 aromatic carbocycles. The number of carbonyl (C=O) groups is 1. The Balaban J connectivity index is 1.40. The minimum absolute atomic E-state index is 0.0767. The molecule has 0 heterocycles. The number of carbonyl (C=O) groups excluding carboxylic acids is 1. The zero-order valence-electron chi connectivity index (χ0n) is 16.6. The van der Waals surface area contributed by atoms with Gasteiger partial charge in [-0.2, -0.15) is 0 Å². The fourth-order valence-corrected chi connectivity index (χ4v) is 7.34. The Kier molecular flexibility index (Phi) is 4.75. The molecular weight excluding hydrogens is 350 g/mol. The summed E-state index contributed by atoms with van der Waals surface area (Å²) in [5.74, 6) is 2.04. The van der Waals surface area contributed by atoms with Gasteiger partial charge in [-0.3, -0.25) is 4.79 Å². The third-order valence-electron chi connectivity index (χ3n) is 8.60. The van der Waals surface area contributed by atoms with Gasteiger partial charge in [-0.05, 0) is 80.6 Å². The molecule has 5 saturated carbocycles. The summed E-state index contributed by atoms with van der Waals surface area (Å²) in [4.78, 5) is 13.2. The van der Waals surface area contributed by atoms with E-state index in [-0.39, 0.29) is 29.6 Å². The number of nitrogens with one attached hydrogen (secondary N) is 1. The molecule has 0 aliphatic heterocycles. The monoisotopic (exact) mass is 383 g/mol. The lowest BCUT2D eigenvalue weighted by atomic mass is 9.42. The molecule has 0 aromatic heterocycles. The van der Waals surface area contributed by atoms with Gasteiger partial charge in [0.2, 0.25) is 5.91 Å². The lowest BCUT2D eigenvalue weighted by Crippen LogP contribution is -2.61. The molecule has 28 heavy (non-hydrogen) atoms. The van der Waals surface area contributed by atoms with Gasteiger partial charge in [0.15, 0.2) is 0 Å². The van der Waals surface area contributed by atoms with E-state index in [9.17, 15) is 15.0 Å². The number of hydrogen-bond donors (Lipinski definition) is 3. The molecule has 0 atom stereocenters. The van der Waals surface area contributed by atoms with Gasteiger partial charge >= 0.3 is 0 Å². The number of aliphatic hydroxyl groups is 2. The van der Waals surface area contributed by atoms with Crippen LogP contribution in [-0.4, -0.2) is 34.4 Å². The first-order valence-electron chi connectivity index (χ1n) is 11.3. The second-order valence-corrected chi connectivity index (χ2v) is 10.0. The summed E-state index contributed by atoms with van der Waals surface area (Å²) in [5, 5.41) is 23.6. The molecule has 4 nitrogen and oxygen atoms in total. The average Bonchev–Trinajstić information content (AvgIpc) is 2.69. The molecule has 4 bridgehead atoms. The molecule has 3 N–H and O–H groups in total. The van der Waals surface area contributed by atoms with Crippen LogP contribution in [-0.2, 0) is 10.2 Å². The summed E-state index contributed by atoms with van der Waals surface area (Å²) in [7, 11) is 0. The van der Waals surface area contributed by atoms with Gasteiger partial charge in [0, 0.05) is 17.9 Å². The molecule has 5 aliphatic rings. The fraction of sp³-hybridized carbons (Fsp3) is 0.708. The first-order chi connectivity index (χ1) is 13.6. The van der Waals surface area contributed by atoms with Crippen molar-refractivity contribution in [3.63, 3.8) is 0 Å². The van der Waals surface area contributed by atoms with Crippen LogP contribution in [0.4, 0.5) is 0 Å². The van der Waals surface area contributed by atoms with Gasteiger partial charge < -0.3 is 15.5 Å². The van der Waals surface area contributed by atoms with Crippen molar-refractivity contribution in [3.05, 3.63) is 35.9 Å². The summed E-state index contributed by atoms with van der Waals surface area (Å²) >= 11 is 0. The summed E-state index contributed by atoms with van der Waals surface area (Å²) in [6, 6.07) is 10.9. The number of aliphatic hydroxyl groups excluding tert-OH is 2. The molecule has 5 fully saturated rings. The topological polar surface area (TPSA) is 69.6 Å². The zero-order valence-corrected chi connectivity index (χ0v) is 16.6. The summed E-state index contributed by atoms with van der Waals surface area (Å²) in [6.45, 7) is 0. The Morgan fingerprint density at radius 3 is 2.07 bits per heavy atom. The van der Waals surface area contributed by atoms with Gasteiger partial charge in [0.05, 0.1) is 12.2 Å². The predicted molar refractivity (Wildman–Crippen MR) is 108 cm³/mol. The van der Waals surface area contributed by atoms with Crippen molar-refractivity contribution in [1.29, 1.82) is 0 Å². The van der Waals surface area contributed by atoms with Gasteiger partial charge in [-0.25, -0.2) is 0 Å². The van der Waals surface area contributed by atoms with Gasteiger partial charge in [-0.1, -0.05) is 30.3 Å². The van der Waals surface area contributed by atoms with E-state index >= 15 is 0 Å². The fourth-order valence-electron chi connectivity index (χ4n) is 7.34. The second kappa shape index (κ2) is 7.14. The quantitative estimate of drug-likeness (QED) is 0.748. The van der Waals surface area contributed by atoms with Crippen molar-refractivity contribution in [2.24, 2.45) is 23.7 Å². The van der Waals surface area contributed by atoms with Crippen LogP contribution in [0.15, 0.2) is 30.3 Å². The molecule has 1 amide bonds. The van der Waals surface area contributed by atoms with Gasteiger partial charge in [-0.15, -0.1) is 0 Å². The Labute approximate surface area is 167 Å². The Bertz CT molecular complexity index is 680. The molecule has 6 rings (SSSR count). The van der Waals surface area contributed by atoms with Crippen molar-refractivity contribution in [1.82, 2.24) is 5.32 Å². The highest BCUT2D eigenvalue weighted by Crippen LogP contribution is 2.64. The van der Waals surface area contributed by atoms with Crippen LogP contribution >= 0.6 is 0 Å². The van der Waals surface area contributed by atoms with Crippen molar-refractivity contribution in [2.75, 3.05) is 0 Å². The minimum Gasteiger partial charge on any atom is -0.393 e. The van der Waals surface area contributed by atoms with Crippen LogP contribution in [0.3, 0.4) is 0 Å². The van der Waals surface area contributed by atoms with E-state index in [0.29, 0.717) is 30.1 Å². The van der Waals surface area contributed by atoms with Crippen molar-refractivity contribution in [2.45, 2.75) is 81.5 Å². The highest BCUT2D eigenvalue weighted by molar-refractivity contribution is 5.78. The van der Waals surface area contributed by atoms with Crippen molar-refractivity contribution < 1.29 is 15.0 Å². The molecule has 5 aliphatic carbocycles. The predicted octanol–water partition coefficient (Wildman–Crippen LogP) is 3.16. The van der Waals surface area contributed by atoms with Crippen molar-refractivity contribution >= 4 is 5.91 Å². The van der Waals surface area contributed by atoms with E-state index in [1.54, 1.807) is 0 Å². The van der Waals surface area contributed by atoms with Crippen LogP contribution in [0.1, 0.15) is 63.4 Å². The molecular formula is C24H33NO3. The Morgan fingerprint density at radius 2 is 1.50 bits per heavy atom. The normalized spacial score (nSPS) is 44.4. The van der Waals surface area contributed by atoms with Crippen LogP contribution < -0.4 is 5.32 Å². The molecule has 0 unspecified atom stereocenters. The lowest BCUT2D eigenvalue weighted by Gasteiger charge is -2.63. The van der Waals surface area contributed by atoms with Crippen LogP contribution in [0.2, 0.25) is 0 Å². The Hall–Kier alpha value is -1.39. The highest BCUT2D eigenvalue weighted by Gasteiger charge is 2.61. The molecule has 1 aromatic rings. The standard InChI is InChI=1S/C24H33NO3/c26-21-8-6-20(7-9-21)25-22(27)14-24(17-4-2-1-3-5-17)18-10-15-11-19(24)13-16(12-18)23(15)28/h1-5,15-16,18-21,23,26,28H,6-14H2,(H,25,27). The smallest absolute Gasteiger partial charge is 0.221 e. The average molecular weight is 384 g/mol. The second-order valence-electron chi connectivity index (χ2n) is 10.0. The maximum Gasteiger partial charge on any atom is 0.221 e. The van der Waals surface area contributed by atoms with E-state index < -0.39 is 0 Å². The van der Waals surface area contributed by atoms with E-state index in [1.165, 1.54) is 5.56 Å². The van der Waals surface area contributed by atoms with Crippen molar-refractivity contribution in [3.8, 4) is 0 Å². The first-order valence-corrected chi connectivity index (χ1v) is 11.3. The molecule has 0 spiro atoms. The molecule has 4 heteroatoms. The minimum atomic E-state index is -0.195. The molecule has 0 radical (unpaired) electrons. The number of rotatable bonds is 4. The number of benzene rings is 1. The van der Waals surface area contributed by atoms with Crippen LogP contribution in [0.25, 0.3) is 0 Å². The van der Waals surface area contributed by atoms with E-state index in [1.807, 2.05) is 0 Å². The molecule has 152 valence electrons. The van der Waals surface area contributed by atoms with Gasteiger partial charge in [0.25, 0.3) is 0 Å². The first kappa shape index (κ1) is 18.6. The maximum atomic E-state index is 13.2. The van der Waals surface area contributed by atoms with E-state index in [4.69, 9.17) is 0 Å². The Morgan fingerprint density at radius 1 is 0.929 bits per heavy atom. The van der Waals surface area contributed by atoms with Crippen LogP contribution in [0, 0.1) is 23.7 Å². The summed E-state index contributed by atoms with van der Waals surface area (Å²) in [6.07, 6.45) is 7.85. The highest BCUT2D eigenvalue weighted by atomic mass is 16.3. The zero-order chi connectivity index (χ0) is 19.3. The number of hydrogen-bond acceptors (Lipinski definition) is 3. The number of amides is 1. The van der Waals surface area contributed by atoms with E-state index in [2.05, 4.69) is 35.6 Å². The van der Waals surface area contributed by atoms with Gasteiger partial charge in [0.1, 0.15) is 0 Å². The van der Waals surface area contributed by atoms with Crippen LogP contribution in [0.5, 0.6) is 0 Å². The molecule has 0 saturated heterocycles. The summed E-state index contributed by atoms with van der Waals surface area (Å²) in [5.41, 5.74) is 1.25. The van der Waals surface area contributed by atoms with E-state index in [0.717, 1.165) is 51.4 Å². The SMILES string of the molecule is O=C(CC1(c2ccccc2)C2CC3CC1CC(C2)C3O)NC1CCC(O)CC1. The lowest BCUT2D eigenvalue weighted by molar-refractivity contribution is -0.148.